The molecule has 2 rings (SSSR count). The predicted molar refractivity (Wildman–Crippen MR) is 106 cm³/mol. The number of carbonyl (C=O) groups excluding carboxylic acids is 1. The number of halogens is 1. The number of hydrogen-bond donors (Lipinski definition) is 2. The van der Waals surface area contributed by atoms with Gasteiger partial charge in [0.15, 0.2) is 6.54 Å². The van der Waals surface area contributed by atoms with Crippen LogP contribution in [-0.4, -0.2) is 63.6 Å². The molecule has 152 valence electrons. The highest BCUT2D eigenvalue weighted by Gasteiger charge is 2.28. The average molecular weight is 419 g/mol. The van der Waals surface area contributed by atoms with Crippen LogP contribution in [0, 0.1) is 0 Å². The Morgan fingerprint density at radius 2 is 1.85 bits per heavy atom. The van der Waals surface area contributed by atoms with Gasteiger partial charge in [0.25, 0.3) is 5.91 Å². The molecule has 27 heavy (non-hydrogen) atoms. The number of quaternary nitrogens is 1. The van der Waals surface area contributed by atoms with Crippen LogP contribution in [0.2, 0.25) is 5.02 Å². The standard InChI is InChI=1S/C18H28ClN3O4S/c1-5-22(6-2)27(24,25)17-9-15(7-8-16(17)19)20-18(23)12-21-10-13(3)26-14(4)11-21/h7-9,13-14H,5-6,10-12H2,1-4H3,(H,20,23)/p+1/t13-,14-/m0/s1. The Bertz CT molecular complexity index is 758. The maximum absolute atomic E-state index is 12.8. The van der Waals surface area contributed by atoms with Crippen LogP contribution in [0.5, 0.6) is 0 Å². The molecule has 9 heteroatoms. The first-order valence-corrected chi connectivity index (χ1v) is 11.1. The van der Waals surface area contributed by atoms with Gasteiger partial charge in [0, 0.05) is 18.8 Å². The molecule has 1 aromatic rings. The molecule has 1 aromatic carbocycles. The fourth-order valence-electron chi connectivity index (χ4n) is 3.45. The van der Waals surface area contributed by atoms with E-state index >= 15 is 0 Å². The van der Waals surface area contributed by atoms with Crippen molar-refractivity contribution < 1.29 is 22.8 Å². The maximum atomic E-state index is 12.8. The third-order valence-corrected chi connectivity index (χ3v) is 7.10. The molecular formula is C18H29ClN3O4S+. The third kappa shape index (κ3) is 5.65. The highest BCUT2D eigenvalue weighted by molar-refractivity contribution is 7.89. The lowest BCUT2D eigenvalue weighted by atomic mass is 10.2. The number of morpholine rings is 1. The smallest absolute Gasteiger partial charge is 0.279 e. The van der Waals surface area contributed by atoms with Crippen LogP contribution in [0.15, 0.2) is 23.1 Å². The molecular weight excluding hydrogens is 390 g/mol. The SMILES string of the molecule is CCN(CC)S(=O)(=O)c1cc(NC(=O)C[NH+]2C[C@H](C)O[C@@H](C)C2)ccc1Cl. The van der Waals surface area contributed by atoms with Gasteiger partial charge < -0.3 is 15.0 Å². The molecule has 0 bridgehead atoms. The highest BCUT2D eigenvalue weighted by atomic mass is 35.5. The fourth-order valence-corrected chi connectivity index (χ4v) is 5.41. The van der Waals surface area contributed by atoms with E-state index < -0.39 is 10.0 Å². The van der Waals surface area contributed by atoms with Crippen molar-refractivity contribution in [2.45, 2.75) is 44.8 Å². The molecule has 1 aliphatic rings. The van der Waals surface area contributed by atoms with Gasteiger partial charge in [-0.1, -0.05) is 25.4 Å². The molecule has 0 aromatic heterocycles. The summed E-state index contributed by atoms with van der Waals surface area (Å²) >= 11 is 6.13. The average Bonchev–Trinajstić information content (AvgIpc) is 2.56. The quantitative estimate of drug-likeness (QED) is 0.692. The van der Waals surface area contributed by atoms with Crippen LogP contribution in [0.3, 0.4) is 0 Å². The molecule has 0 spiro atoms. The highest BCUT2D eigenvalue weighted by Crippen LogP contribution is 2.27. The summed E-state index contributed by atoms with van der Waals surface area (Å²) in [5.41, 5.74) is 0.420. The molecule has 1 fully saturated rings. The number of nitrogens with one attached hydrogen (secondary N) is 2. The Morgan fingerprint density at radius 3 is 2.41 bits per heavy atom. The van der Waals surface area contributed by atoms with E-state index in [-0.39, 0.29) is 28.0 Å². The van der Waals surface area contributed by atoms with E-state index in [1.54, 1.807) is 19.9 Å². The van der Waals surface area contributed by atoms with E-state index in [0.717, 1.165) is 18.0 Å². The Hall–Kier alpha value is -1.19. The normalized spacial score (nSPS) is 23.4. The van der Waals surface area contributed by atoms with E-state index in [9.17, 15) is 13.2 Å². The van der Waals surface area contributed by atoms with Crippen molar-refractivity contribution in [3.8, 4) is 0 Å². The van der Waals surface area contributed by atoms with Gasteiger partial charge in [-0.3, -0.25) is 4.79 Å². The first kappa shape index (κ1) is 22.1. The molecule has 1 heterocycles. The summed E-state index contributed by atoms with van der Waals surface area (Å²) in [5, 5.41) is 2.93. The van der Waals surface area contributed by atoms with E-state index in [0.29, 0.717) is 25.3 Å². The third-order valence-electron chi connectivity index (χ3n) is 4.57. The second-order valence-corrected chi connectivity index (χ2v) is 9.19. The molecule has 1 aliphatic heterocycles. The lowest BCUT2D eigenvalue weighted by Crippen LogP contribution is -3.16. The molecule has 2 atom stereocenters. The van der Waals surface area contributed by atoms with Crippen LogP contribution < -0.4 is 10.2 Å². The zero-order chi connectivity index (χ0) is 20.2. The van der Waals surface area contributed by atoms with E-state index in [4.69, 9.17) is 16.3 Å². The monoisotopic (exact) mass is 418 g/mol. The van der Waals surface area contributed by atoms with Gasteiger partial charge in [-0.25, -0.2) is 8.42 Å². The Kier molecular flexibility index (Phi) is 7.64. The minimum atomic E-state index is -3.70. The summed E-state index contributed by atoms with van der Waals surface area (Å²) < 4.78 is 32.5. The van der Waals surface area contributed by atoms with Crippen LogP contribution >= 0.6 is 11.6 Å². The van der Waals surface area contributed by atoms with Gasteiger partial charge in [0.2, 0.25) is 10.0 Å². The number of rotatable bonds is 7. The molecule has 0 aliphatic carbocycles. The van der Waals surface area contributed by atoms with Crippen molar-refractivity contribution in [2.24, 2.45) is 0 Å². The van der Waals surface area contributed by atoms with Gasteiger partial charge in [-0.15, -0.1) is 0 Å². The van der Waals surface area contributed by atoms with Crippen molar-refractivity contribution in [1.82, 2.24) is 4.31 Å². The fraction of sp³-hybridized carbons (Fsp3) is 0.611. The molecule has 0 radical (unpaired) electrons. The molecule has 2 N–H and O–H groups in total. The lowest BCUT2D eigenvalue weighted by Gasteiger charge is -2.31. The number of nitrogens with zero attached hydrogens (tertiary/aromatic N) is 1. The first-order valence-electron chi connectivity index (χ1n) is 9.25. The minimum Gasteiger partial charge on any atom is -0.364 e. The van der Waals surface area contributed by atoms with Crippen molar-refractivity contribution >= 4 is 33.2 Å². The summed E-state index contributed by atoms with van der Waals surface area (Å²) in [7, 11) is -3.70. The molecule has 1 saturated heterocycles. The Balaban J connectivity index is 2.12. The zero-order valence-electron chi connectivity index (χ0n) is 16.3. The minimum absolute atomic E-state index is 0.00614. The number of hydrogen-bond acceptors (Lipinski definition) is 4. The number of benzene rings is 1. The van der Waals surface area contributed by atoms with Gasteiger partial charge in [0.1, 0.15) is 30.2 Å². The second-order valence-electron chi connectivity index (χ2n) is 6.88. The van der Waals surface area contributed by atoms with Crippen molar-refractivity contribution in [2.75, 3.05) is 38.0 Å². The van der Waals surface area contributed by atoms with E-state index in [1.807, 2.05) is 13.8 Å². The van der Waals surface area contributed by atoms with Crippen molar-refractivity contribution in [3.63, 3.8) is 0 Å². The van der Waals surface area contributed by atoms with Crippen molar-refractivity contribution in [1.29, 1.82) is 0 Å². The van der Waals surface area contributed by atoms with Crippen LogP contribution in [0.1, 0.15) is 27.7 Å². The van der Waals surface area contributed by atoms with E-state index in [1.165, 1.54) is 16.4 Å². The summed E-state index contributed by atoms with van der Waals surface area (Å²) in [6, 6.07) is 4.54. The summed E-state index contributed by atoms with van der Waals surface area (Å²) in [6.45, 7) is 10.1. The molecule has 0 saturated carbocycles. The Labute approximate surface area is 166 Å². The molecule has 7 nitrogen and oxygen atoms in total. The predicted octanol–water partition coefficient (Wildman–Crippen LogP) is 1.00. The number of carbonyl (C=O) groups is 1. The topological polar surface area (TPSA) is 80.2 Å². The van der Waals surface area contributed by atoms with Crippen molar-refractivity contribution in [3.05, 3.63) is 23.2 Å². The number of amides is 1. The largest absolute Gasteiger partial charge is 0.364 e. The van der Waals surface area contributed by atoms with Crippen LogP contribution in [0.4, 0.5) is 5.69 Å². The van der Waals surface area contributed by atoms with E-state index in [2.05, 4.69) is 5.32 Å². The molecule has 0 unspecified atom stereocenters. The van der Waals surface area contributed by atoms with Gasteiger partial charge in [0.05, 0.1) is 5.02 Å². The first-order chi connectivity index (χ1) is 12.7. The van der Waals surface area contributed by atoms with Gasteiger partial charge >= 0.3 is 0 Å². The Morgan fingerprint density at radius 1 is 1.26 bits per heavy atom. The lowest BCUT2D eigenvalue weighted by molar-refractivity contribution is -0.907. The van der Waals surface area contributed by atoms with Crippen LogP contribution in [0.25, 0.3) is 0 Å². The van der Waals surface area contributed by atoms with Gasteiger partial charge in [-0.05, 0) is 32.0 Å². The number of sulfonamides is 1. The number of ether oxygens (including phenoxy) is 1. The van der Waals surface area contributed by atoms with Gasteiger partial charge in [-0.2, -0.15) is 4.31 Å². The maximum Gasteiger partial charge on any atom is 0.279 e. The zero-order valence-corrected chi connectivity index (χ0v) is 17.9. The summed E-state index contributed by atoms with van der Waals surface area (Å²) in [4.78, 5) is 13.6. The van der Waals surface area contributed by atoms with Crippen LogP contribution in [-0.2, 0) is 19.6 Å². The summed E-state index contributed by atoms with van der Waals surface area (Å²) in [6.07, 6.45) is 0.218. The second kappa shape index (κ2) is 9.34. The molecule has 1 amide bonds. The summed E-state index contributed by atoms with van der Waals surface area (Å²) in [5.74, 6) is -0.167. The number of anilines is 1.